The highest BCUT2D eigenvalue weighted by atomic mass is 16.6. The lowest BCUT2D eigenvalue weighted by molar-refractivity contribution is -0.385. The van der Waals surface area contributed by atoms with Crippen molar-refractivity contribution in [2.24, 2.45) is 0 Å². The minimum atomic E-state index is -0.551. The maximum absolute atomic E-state index is 10.9. The highest BCUT2D eigenvalue weighted by Gasteiger charge is 2.19. The number of rotatable bonds is 3. The van der Waals surface area contributed by atoms with E-state index < -0.39 is 4.92 Å². The van der Waals surface area contributed by atoms with Gasteiger partial charge in [0.05, 0.1) is 11.1 Å². The fourth-order valence-corrected chi connectivity index (χ4v) is 1.49. The minimum absolute atomic E-state index is 0.0533. The van der Waals surface area contributed by atoms with Crippen LogP contribution in [0.4, 0.5) is 5.69 Å². The molecule has 0 unspecified atom stereocenters. The van der Waals surface area contributed by atoms with Gasteiger partial charge in [0, 0.05) is 6.07 Å². The number of nitro benzene ring substituents is 1. The summed E-state index contributed by atoms with van der Waals surface area (Å²) in [5.74, 6) is 0.00639. The van der Waals surface area contributed by atoms with Gasteiger partial charge in [0.15, 0.2) is 0 Å². The Labute approximate surface area is 108 Å². The van der Waals surface area contributed by atoms with Crippen molar-refractivity contribution in [3.63, 3.8) is 0 Å². The van der Waals surface area contributed by atoms with Crippen molar-refractivity contribution in [3.8, 4) is 17.7 Å². The lowest BCUT2D eigenvalue weighted by Gasteiger charge is -2.08. The maximum Gasteiger partial charge on any atom is 0.311 e. The van der Waals surface area contributed by atoms with Crippen LogP contribution in [0.15, 0.2) is 30.5 Å². The predicted octanol–water partition coefficient (Wildman–Crippen LogP) is 2.36. The number of benzene rings is 1. The molecule has 0 amide bonds. The van der Waals surface area contributed by atoms with E-state index in [1.807, 2.05) is 6.07 Å². The van der Waals surface area contributed by atoms with E-state index in [-0.39, 0.29) is 22.9 Å². The lowest BCUT2D eigenvalue weighted by Crippen LogP contribution is -1.99. The average molecular weight is 256 g/mol. The summed E-state index contributed by atoms with van der Waals surface area (Å²) in [5.41, 5.74) is 0.547. The van der Waals surface area contributed by atoms with E-state index in [4.69, 9.17) is 10.00 Å². The summed E-state index contributed by atoms with van der Waals surface area (Å²) in [6.45, 7) is 1.67. The number of nitrogens with zero attached hydrogens (tertiary/aromatic N) is 4. The van der Waals surface area contributed by atoms with E-state index >= 15 is 0 Å². The minimum Gasteiger partial charge on any atom is -0.429 e. The van der Waals surface area contributed by atoms with Crippen LogP contribution in [0.2, 0.25) is 0 Å². The van der Waals surface area contributed by atoms with Crippen LogP contribution in [0.25, 0.3) is 0 Å². The van der Waals surface area contributed by atoms with Crippen LogP contribution >= 0.6 is 0 Å². The van der Waals surface area contributed by atoms with Crippen molar-refractivity contribution in [1.82, 2.24) is 10.2 Å². The average Bonchev–Trinajstić information content (AvgIpc) is 2.41. The summed E-state index contributed by atoms with van der Waals surface area (Å²) >= 11 is 0. The molecule has 1 aromatic heterocycles. The fourth-order valence-electron chi connectivity index (χ4n) is 1.49. The van der Waals surface area contributed by atoms with Gasteiger partial charge in [-0.2, -0.15) is 10.4 Å². The molecule has 0 aliphatic rings. The molecule has 0 saturated carbocycles. The Morgan fingerprint density at radius 1 is 1.42 bits per heavy atom. The van der Waals surface area contributed by atoms with Crippen molar-refractivity contribution >= 4 is 5.69 Å². The van der Waals surface area contributed by atoms with E-state index in [2.05, 4.69) is 10.2 Å². The third kappa shape index (κ3) is 2.47. The molecule has 1 aromatic carbocycles. The topological polar surface area (TPSA) is 102 Å². The molecule has 1 heterocycles. The molecule has 0 saturated heterocycles. The number of hydrogen-bond donors (Lipinski definition) is 0. The smallest absolute Gasteiger partial charge is 0.311 e. The van der Waals surface area contributed by atoms with Crippen LogP contribution in [0.3, 0.4) is 0 Å². The molecule has 0 atom stereocenters. The van der Waals surface area contributed by atoms with Crippen LogP contribution in [-0.4, -0.2) is 15.1 Å². The molecule has 7 nitrogen and oxygen atoms in total. The Bertz CT molecular complexity index is 679. The van der Waals surface area contributed by atoms with Gasteiger partial charge in [-0.05, 0) is 18.6 Å². The summed E-state index contributed by atoms with van der Waals surface area (Å²) in [5, 5.41) is 27.1. The molecular weight excluding hydrogens is 248 g/mol. The quantitative estimate of drug-likeness (QED) is 0.617. The van der Waals surface area contributed by atoms with E-state index in [0.717, 1.165) is 0 Å². The van der Waals surface area contributed by atoms with Gasteiger partial charge in [0.1, 0.15) is 11.6 Å². The fraction of sp³-hybridized carbons (Fsp3) is 0.0833. The zero-order valence-corrected chi connectivity index (χ0v) is 9.90. The van der Waals surface area contributed by atoms with Gasteiger partial charge < -0.3 is 4.74 Å². The van der Waals surface area contributed by atoms with Gasteiger partial charge in [0.25, 0.3) is 5.88 Å². The first-order chi connectivity index (χ1) is 9.13. The molecule has 94 valence electrons. The molecule has 0 fully saturated rings. The number of aromatic nitrogens is 2. The molecule has 0 bridgehead atoms. The Morgan fingerprint density at radius 2 is 2.21 bits per heavy atom. The molecule has 0 spiro atoms. The van der Waals surface area contributed by atoms with Crippen LogP contribution in [0, 0.1) is 28.4 Å². The van der Waals surface area contributed by atoms with Gasteiger partial charge in [-0.3, -0.25) is 10.1 Å². The van der Waals surface area contributed by atoms with Crippen molar-refractivity contribution in [2.75, 3.05) is 0 Å². The third-order valence-electron chi connectivity index (χ3n) is 2.39. The second-order valence-electron chi connectivity index (χ2n) is 3.64. The largest absolute Gasteiger partial charge is 0.429 e. The molecule has 0 radical (unpaired) electrons. The van der Waals surface area contributed by atoms with E-state index in [9.17, 15) is 10.1 Å². The van der Waals surface area contributed by atoms with Gasteiger partial charge in [0.2, 0.25) is 5.75 Å². The van der Waals surface area contributed by atoms with Crippen molar-refractivity contribution in [3.05, 3.63) is 51.7 Å². The second kappa shape index (κ2) is 5.10. The highest BCUT2D eigenvalue weighted by molar-refractivity contribution is 5.53. The molecule has 2 rings (SSSR count). The van der Waals surface area contributed by atoms with Crippen LogP contribution in [0.5, 0.6) is 11.6 Å². The first kappa shape index (κ1) is 12.4. The Morgan fingerprint density at radius 3 is 2.89 bits per heavy atom. The van der Waals surface area contributed by atoms with E-state index in [0.29, 0.717) is 5.56 Å². The molecule has 0 aliphatic carbocycles. The molecule has 19 heavy (non-hydrogen) atoms. The predicted molar refractivity (Wildman–Crippen MR) is 64.7 cm³/mol. The zero-order valence-electron chi connectivity index (χ0n) is 9.90. The molecule has 0 aliphatic heterocycles. The number of para-hydroxylation sites is 1. The molecule has 0 N–H and O–H groups in total. The Balaban J connectivity index is 2.50. The van der Waals surface area contributed by atoms with E-state index in [1.165, 1.54) is 18.3 Å². The first-order valence-electron chi connectivity index (χ1n) is 5.27. The number of nitro groups is 1. The van der Waals surface area contributed by atoms with Gasteiger partial charge >= 0.3 is 5.69 Å². The van der Waals surface area contributed by atoms with Gasteiger partial charge in [-0.15, -0.1) is 5.10 Å². The van der Waals surface area contributed by atoms with Crippen molar-refractivity contribution in [2.45, 2.75) is 6.92 Å². The summed E-state index contributed by atoms with van der Waals surface area (Å²) < 4.78 is 5.39. The highest BCUT2D eigenvalue weighted by Crippen LogP contribution is 2.34. The Hall–Kier alpha value is -3.01. The summed E-state index contributed by atoms with van der Waals surface area (Å²) in [4.78, 5) is 10.4. The number of aryl methyl sites for hydroxylation is 1. The van der Waals surface area contributed by atoms with Gasteiger partial charge in [-0.25, -0.2) is 0 Å². The summed E-state index contributed by atoms with van der Waals surface area (Å²) in [7, 11) is 0. The summed E-state index contributed by atoms with van der Waals surface area (Å²) in [6.07, 6.45) is 1.34. The standard InChI is InChI=1S/C12H8N4O3/c1-8-3-2-4-10(16(17)18)11(8)19-12-9(7-13)5-6-14-15-12/h2-6H,1H3. The van der Waals surface area contributed by atoms with Crippen LogP contribution in [-0.2, 0) is 0 Å². The number of hydrogen-bond acceptors (Lipinski definition) is 6. The second-order valence-corrected chi connectivity index (χ2v) is 3.64. The molecular formula is C12H8N4O3. The molecule has 7 heteroatoms. The van der Waals surface area contributed by atoms with Gasteiger partial charge in [-0.1, -0.05) is 12.1 Å². The van der Waals surface area contributed by atoms with Crippen LogP contribution < -0.4 is 4.74 Å². The third-order valence-corrected chi connectivity index (χ3v) is 2.39. The SMILES string of the molecule is Cc1cccc([N+](=O)[O-])c1Oc1nnccc1C#N. The van der Waals surface area contributed by atoms with Crippen molar-refractivity contribution < 1.29 is 9.66 Å². The Kier molecular flexibility index (Phi) is 3.34. The van der Waals surface area contributed by atoms with Crippen LogP contribution in [0.1, 0.15) is 11.1 Å². The van der Waals surface area contributed by atoms with Crippen molar-refractivity contribution in [1.29, 1.82) is 5.26 Å². The number of nitriles is 1. The number of ether oxygens (including phenoxy) is 1. The maximum atomic E-state index is 10.9. The monoisotopic (exact) mass is 256 g/mol. The normalized spacial score (nSPS) is 9.68. The zero-order chi connectivity index (χ0) is 13.8. The first-order valence-corrected chi connectivity index (χ1v) is 5.27. The lowest BCUT2D eigenvalue weighted by atomic mass is 10.2. The molecule has 2 aromatic rings. The summed E-state index contributed by atoms with van der Waals surface area (Å²) in [6, 6.07) is 7.86. The van der Waals surface area contributed by atoms with E-state index in [1.54, 1.807) is 19.1 Å².